The summed E-state index contributed by atoms with van der Waals surface area (Å²) in [6.07, 6.45) is 8.12. The quantitative estimate of drug-likeness (QED) is 0.358. The summed E-state index contributed by atoms with van der Waals surface area (Å²) >= 11 is 0. The zero-order chi connectivity index (χ0) is 21.7. The van der Waals surface area contributed by atoms with Gasteiger partial charge in [-0.15, -0.1) is 0 Å². The molecule has 162 valence electrons. The molecule has 1 aromatic carbocycles. The van der Waals surface area contributed by atoms with Crippen LogP contribution < -0.4 is 15.5 Å². The largest absolute Gasteiger partial charge is 0.380 e. The summed E-state index contributed by atoms with van der Waals surface area (Å²) in [5.74, 6) is 0. The van der Waals surface area contributed by atoms with E-state index in [1.807, 2.05) is 0 Å². The first kappa shape index (κ1) is 26.4. The minimum absolute atomic E-state index is 0.488. The maximum Gasteiger partial charge on any atom is 0.207 e. The molecule has 2 rings (SSSR count). The van der Waals surface area contributed by atoms with Gasteiger partial charge in [0.1, 0.15) is 0 Å². The Kier molecular flexibility index (Phi) is 17.1. The monoisotopic (exact) mass is 403 g/mol. The molecule has 0 unspecified atom stereocenters. The summed E-state index contributed by atoms with van der Waals surface area (Å²) < 4.78 is 4.72. The number of aryl methyl sites for hydroxylation is 1. The number of rotatable bonds is 10. The highest BCUT2D eigenvalue weighted by atomic mass is 16.5. The number of ether oxygens (including phenoxy) is 1. The number of nitrogens with zero attached hydrogens (tertiary/aromatic N) is 1. The van der Waals surface area contributed by atoms with Crippen LogP contribution >= 0.6 is 0 Å². The molecular formula is C23H37N3O3. The molecule has 1 fully saturated rings. The first-order valence-electron chi connectivity index (χ1n) is 10.1. The Morgan fingerprint density at radius 1 is 1.07 bits per heavy atom. The second-order valence-electron chi connectivity index (χ2n) is 6.51. The van der Waals surface area contributed by atoms with E-state index in [1.165, 1.54) is 43.6 Å². The van der Waals surface area contributed by atoms with E-state index in [4.69, 9.17) is 4.74 Å². The van der Waals surface area contributed by atoms with Gasteiger partial charge in [0, 0.05) is 39.0 Å². The van der Waals surface area contributed by atoms with Crippen LogP contribution in [-0.2, 0) is 20.7 Å². The number of piperidine rings is 1. The van der Waals surface area contributed by atoms with Crippen molar-refractivity contribution in [2.24, 2.45) is 0 Å². The highest BCUT2D eigenvalue weighted by Crippen LogP contribution is 2.20. The molecule has 1 aliphatic heterocycles. The summed E-state index contributed by atoms with van der Waals surface area (Å²) in [7, 11) is 1.63. The van der Waals surface area contributed by atoms with Crippen LogP contribution in [0.4, 0.5) is 5.69 Å². The Bertz CT molecular complexity index is 557. The number of carbonyl (C=O) groups is 2. The normalized spacial score (nSPS) is 12.3. The standard InChI is InChI=1S/C13H19N.C6H10O.C4H8N2O2/c1-2-12-6-8-13(9-7-12)14-10-4-3-5-11-14;1-4-6(2)5-7-3;7-3-5-1-2-6-4-8/h6-9H,2-5,10-11H2,1H3;4H,1-2,5H2,3H3;3-4H,1-2H2,(H,5,7)(H,6,8). The number of anilines is 1. The van der Waals surface area contributed by atoms with E-state index in [9.17, 15) is 9.59 Å². The highest BCUT2D eigenvalue weighted by molar-refractivity contribution is 5.48. The number of nitrogens with one attached hydrogen (secondary N) is 2. The van der Waals surface area contributed by atoms with E-state index in [-0.39, 0.29) is 0 Å². The van der Waals surface area contributed by atoms with Crippen LogP contribution in [0.15, 0.2) is 49.1 Å². The van der Waals surface area contributed by atoms with Gasteiger partial charge >= 0.3 is 0 Å². The lowest BCUT2D eigenvalue weighted by Crippen LogP contribution is -2.29. The smallest absolute Gasteiger partial charge is 0.207 e. The van der Waals surface area contributed by atoms with Crippen molar-refractivity contribution in [3.05, 3.63) is 54.6 Å². The van der Waals surface area contributed by atoms with Crippen LogP contribution in [-0.4, -0.2) is 52.7 Å². The second-order valence-corrected chi connectivity index (χ2v) is 6.51. The minimum Gasteiger partial charge on any atom is -0.380 e. The lowest BCUT2D eigenvalue weighted by molar-refractivity contribution is -0.111. The third-order valence-corrected chi connectivity index (χ3v) is 4.26. The average molecular weight is 404 g/mol. The fraction of sp³-hybridized carbons (Fsp3) is 0.478. The van der Waals surface area contributed by atoms with Gasteiger partial charge in [-0.3, -0.25) is 9.59 Å². The topological polar surface area (TPSA) is 70.7 Å². The van der Waals surface area contributed by atoms with Gasteiger partial charge in [-0.05, 0) is 49.0 Å². The first-order chi connectivity index (χ1) is 14.1. The molecule has 0 aliphatic carbocycles. The van der Waals surface area contributed by atoms with Crippen molar-refractivity contribution >= 4 is 18.5 Å². The number of hydrogen-bond acceptors (Lipinski definition) is 4. The molecule has 2 N–H and O–H groups in total. The number of amides is 2. The number of benzene rings is 1. The number of carbonyl (C=O) groups excluding carboxylic acids is 2. The summed E-state index contributed by atoms with van der Waals surface area (Å²) in [5, 5.41) is 4.76. The summed E-state index contributed by atoms with van der Waals surface area (Å²) in [5.41, 5.74) is 3.76. The molecule has 1 aliphatic rings. The number of hydrogen-bond donors (Lipinski definition) is 2. The molecule has 0 aromatic heterocycles. The van der Waals surface area contributed by atoms with Crippen molar-refractivity contribution in [3.63, 3.8) is 0 Å². The molecule has 6 nitrogen and oxygen atoms in total. The molecule has 2 amide bonds. The zero-order valence-corrected chi connectivity index (χ0v) is 18.0. The van der Waals surface area contributed by atoms with Gasteiger partial charge in [0.2, 0.25) is 12.8 Å². The van der Waals surface area contributed by atoms with Crippen LogP contribution in [0.5, 0.6) is 0 Å². The minimum atomic E-state index is 0.488. The summed E-state index contributed by atoms with van der Waals surface area (Å²) in [4.78, 5) is 21.6. The Morgan fingerprint density at radius 2 is 1.62 bits per heavy atom. The van der Waals surface area contributed by atoms with Gasteiger partial charge in [0.25, 0.3) is 0 Å². The predicted octanol–water partition coefficient (Wildman–Crippen LogP) is 3.09. The first-order valence-corrected chi connectivity index (χ1v) is 10.1. The molecule has 29 heavy (non-hydrogen) atoms. The van der Waals surface area contributed by atoms with Crippen molar-refractivity contribution in [2.75, 3.05) is 44.8 Å². The molecule has 6 heteroatoms. The second kappa shape index (κ2) is 18.7. The van der Waals surface area contributed by atoms with E-state index in [1.54, 1.807) is 13.2 Å². The summed E-state index contributed by atoms with van der Waals surface area (Å²) in [6.45, 7) is 13.4. The Labute approximate surface area is 176 Å². The SMILES string of the molecule is C=CC(=C)COC.CCc1ccc(N2CCCCC2)cc1.O=CNCCNC=O. The molecule has 0 spiro atoms. The molecular weight excluding hydrogens is 366 g/mol. The third-order valence-electron chi connectivity index (χ3n) is 4.26. The van der Waals surface area contributed by atoms with Gasteiger partial charge in [-0.25, -0.2) is 0 Å². The fourth-order valence-electron chi connectivity index (χ4n) is 2.60. The van der Waals surface area contributed by atoms with Crippen molar-refractivity contribution in [1.29, 1.82) is 0 Å². The van der Waals surface area contributed by atoms with Gasteiger partial charge in [0.15, 0.2) is 0 Å². The fourth-order valence-corrected chi connectivity index (χ4v) is 2.60. The van der Waals surface area contributed by atoms with E-state index >= 15 is 0 Å². The average Bonchev–Trinajstić information content (AvgIpc) is 2.78. The van der Waals surface area contributed by atoms with E-state index < -0.39 is 0 Å². The molecule has 1 saturated heterocycles. The van der Waals surface area contributed by atoms with Crippen molar-refractivity contribution < 1.29 is 14.3 Å². The Hall–Kier alpha value is -2.60. The molecule has 1 heterocycles. The lowest BCUT2D eigenvalue weighted by atomic mass is 10.1. The maximum absolute atomic E-state index is 9.54. The maximum atomic E-state index is 9.54. The molecule has 0 radical (unpaired) electrons. The van der Waals surface area contributed by atoms with Crippen LogP contribution in [0.1, 0.15) is 31.7 Å². The third kappa shape index (κ3) is 14.1. The van der Waals surface area contributed by atoms with Crippen LogP contribution in [0.25, 0.3) is 0 Å². The van der Waals surface area contributed by atoms with Crippen LogP contribution in [0, 0.1) is 0 Å². The van der Waals surface area contributed by atoms with E-state index in [0.29, 0.717) is 32.5 Å². The van der Waals surface area contributed by atoms with Crippen molar-refractivity contribution in [2.45, 2.75) is 32.6 Å². The van der Waals surface area contributed by atoms with Gasteiger partial charge in [-0.2, -0.15) is 0 Å². The zero-order valence-electron chi connectivity index (χ0n) is 18.0. The van der Waals surface area contributed by atoms with Gasteiger partial charge < -0.3 is 20.3 Å². The number of methoxy groups -OCH3 is 1. The van der Waals surface area contributed by atoms with E-state index in [0.717, 1.165) is 12.0 Å². The van der Waals surface area contributed by atoms with Crippen molar-refractivity contribution in [1.82, 2.24) is 10.6 Å². The van der Waals surface area contributed by atoms with Gasteiger partial charge in [-0.1, -0.05) is 38.3 Å². The molecule has 1 aromatic rings. The van der Waals surface area contributed by atoms with Crippen molar-refractivity contribution in [3.8, 4) is 0 Å². The lowest BCUT2D eigenvalue weighted by Gasteiger charge is -2.28. The van der Waals surface area contributed by atoms with Crippen LogP contribution in [0.2, 0.25) is 0 Å². The Morgan fingerprint density at radius 3 is 2.00 bits per heavy atom. The Balaban J connectivity index is 0.000000450. The molecule has 0 saturated carbocycles. The highest BCUT2D eigenvalue weighted by Gasteiger charge is 2.09. The van der Waals surface area contributed by atoms with Gasteiger partial charge in [0.05, 0.1) is 6.61 Å². The molecule has 0 bridgehead atoms. The predicted molar refractivity (Wildman–Crippen MR) is 121 cm³/mol. The van der Waals surface area contributed by atoms with Crippen LogP contribution in [0.3, 0.4) is 0 Å². The van der Waals surface area contributed by atoms with E-state index in [2.05, 4.69) is 59.9 Å². The molecule has 0 atom stereocenters. The summed E-state index contributed by atoms with van der Waals surface area (Å²) in [6, 6.07) is 9.04.